The van der Waals surface area contributed by atoms with Crippen LogP contribution in [-0.4, -0.2) is 40.3 Å². The van der Waals surface area contributed by atoms with Gasteiger partial charge in [0.1, 0.15) is 0 Å². The molecule has 122 valence electrons. The Bertz CT molecular complexity index is 1000. The number of hydrogen-bond acceptors (Lipinski definition) is 3. The lowest BCUT2D eigenvalue weighted by Gasteiger charge is -2.02. The van der Waals surface area contributed by atoms with Crippen molar-refractivity contribution in [3.05, 3.63) is 57.1 Å². The van der Waals surface area contributed by atoms with E-state index in [4.69, 9.17) is 11.6 Å². The third-order valence-electron chi connectivity index (χ3n) is 3.62. The van der Waals surface area contributed by atoms with Crippen molar-refractivity contribution in [1.82, 2.24) is 19.7 Å². The van der Waals surface area contributed by atoms with Crippen molar-refractivity contribution in [2.24, 2.45) is 0 Å². The molecule has 0 saturated heterocycles. The minimum absolute atomic E-state index is 0.157. The number of halogens is 1. The van der Waals surface area contributed by atoms with Crippen molar-refractivity contribution in [3.8, 4) is 17.5 Å². The van der Waals surface area contributed by atoms with Gasteiger partial charge < -0.3 is 0 Å². The Morgan fingerprint density at radius 3 is 2.67 bits per heavy atom. The molecular formula is C18H17ClN4O. The molecule has 0 radical (unpaired) electrons. The Labute approximate surface area is 144 Å². The molecule has 1 aromatic carbocycles. The average molecular weight is 341 g/mol. The maximum Gasteiger partial charge on any atom is 0.280 e. The predicted octanol–water partition coefficient (Wildman–Crippen LogP) is 2.59. The minimum atomic E-state index is -0.157. The van der Waals surface area contributed by atoms with Crippen LogP contribution in [0.4, 0.5) is 0 Å². The molecule has 5 nitrogen and oxygen atoms in total. The maximum absolute atomic E-state index is 12.7. The highest BCUT2D eigenvalue weighted by atomic mass is 35.5. The summed E-state index contributed by atoms with van der Waals surface area (Å²) in [6, 6.07) is 7.07. The Balaban J connectivity index is 2.18. The van der Waals surface area contributed by atoms with Crippen molar-refractivity contribution < 1.29 is 0 Å². The van der Waals surface area contributed by atoms with Crippen LogP contribution in [0, 0.1) is 18.8 Å². The normalized spacial score (nSPS) is 10.9. The van der Waals surface area contributed by atoms with E-state index < -0.39 is 0 Å². The summed E-state index contributed by atoms with van der Waals surface area (Å²) < 4.78 is 1.49. The molecule has 24 heavy (non-hydrogen) atoms. The van der Waals surface area contributed by atoms with Gasteiger partial charge in [0.25, 0.3) is 5.56 Å². The number of H-pyrrole nitrogens is 1. The standard InChI is InChI=1S/C18H17ClN4O/c1-12-15(5-4-10-22(2)3)17-16(11-20-12)18(24)23(21-17)14-8-6-13(19)7-9-14/h6-9,11,21H,10H2,1-3H3. The smallest absolute Gasteiger partial charge is 0.280 e. The fourth-order valence-corrected chi connectivity index (χ4v) is 2.50. The van der Waals surface area contributed by atoms with Gasteiger partial charge in [0.05, 0.1) is 34.4 Å². The summed E-state index contributed by atoms with van der Waals surface area (Å²) in [5.41, 5.74) is 2.80. The first-order chi connectivity index (χ1) is 11.5. The number of pyridine rings is 1. The van der Waals surface area contributed by atoms with Crippen LogP contribution < -0.4 is 5.56 Å². The third kappa shape index (κ3) is 3.07. The molecule has 0 aliphatic rings. The van der Waals surface area contributed by atoms with E-state index in [-0.39, 0.29) is 5.56 Å². The molecule has 0 saturated carbocycles. The van der Waals surface area contributed by atoms with E-state index in [0.29, 0.717) is 28.2 Å². The lowest BCUT2D eigenvalue weighted by Crippen LogP contribution is -2.14. The first-order valence-electron chi connectivity index (χ1n) is 7.47. The molecule has 3 rings (SSSR count). The molecule has 2 heterocycles. The topological polar surface area (TPSA) is 53.9 Å². The molecule has 1 N–H and O–H groups in total. The molecule has 0 bridgehead atoms. The van der Waals surface area contributed by atoms with Gasteiger partial charge in [-0.05, 0) is 45.3 Å². The number of fused-ring (bicyclic) bond motifs is 1. The van der Waals surface area contributed by atoms with E-state index in [1.54, 1.807) is 30.5 Å². The van der Waals surface area contributed by atoms with Crippen molar-refractivity contribution >= 4 is 22.5 Å². The minimum Gasteiger partial charge on any atom is -0.299 e. The van der Waals surface area contributed by atoms with E-state index in [1.807, 2.05) is 25.9 Å². The molecule has 0 fully saturated rings. The van der Waals surface area contributed by atoms with E-state index >= 15 is 0 Å². The molecular weight excluding hydrogens is 324 g/mol. The largest absolute Gasteiger partial charge is 0.299 e. The van der Waals surface area contributed by atoms with Gasteiger partial charge in [0, 0.05) is 11.2 Å². The average Bonchev–Trinajstić information content (AvgIpc) is 2.87. The van der Waals surface area contributed by atoms with Crippen LogP contribution in [0.2, 0.25) is 5.02 Å². The Kier molecular flexibility index (Phi) is 4.43. The molecule has 0 spiro atoms. The quantitative estimate of drug-likeness (QED) is 0.729. The molecule has 2 aromatic heterocycles. The monoisotopic (exact) mass is 340 g/mol. The lowest BCUT2D eigenvalue weighted by atomic mass is 10.1. The van der Waals surface area contributed by atoms with E-state index in [2.05, 4.69) is 21.9 Å². The summed E-state index contributed by atoms with van der Waals surface area (Å²) in [5.74, 6) is 6.23. The number of hydrogen-bond donors (Lipinski definition) is 1. The van der Waals surface area contributed by atoms with Crippen molar-refractivity contribution in [1.29, 1.82) is 0 Å². The van der Waals surface area contributed by atoms with Crippen molar-refractivity contribution in [2.75, 3.05) is 20.6 Å². The second-order valence-electron chi connectivity index (χ2n) is 5.78. The first-order valence-corrected chi connectivity index (χ1v) is 7.85. The summed E-state index contributed by atoms with van der Waals surface area (Å²) in [7, 11) is 3.92. The summed E-state index contributed by atoms with van der Waals surface area (Å²) >= 11 is 5.92. The Hall–Kier alpha value is -2.55. The maximum atomic E-state index is 12.7. The van der Waals surface area contributed by atoms with Gasteiger partial charge >= 0.3 is 0 Å². The van der Waals surface area contributed by atoms with Crippen LogP contribution in [0.3, 0.4) is 0 Å². The number of nitrogens with zero attached hydrogens (tertiary/aromatic N) is 3. The van der Waals surface area contributed by atoms with Gasteiger partial charge in [-0.2, -0.15) is 0 Å². The second-order valence-corrected chi connectivity index (χ2v) is 6.21. The molecule has 0 amide bonds. The molecule has 6 heteroatoms. The number of nitrogens with one attached hydrogen (secondary N) is 1. The van der Waals surface area contributed by atoms with Gasteiger partial charge in [-0.15, -0.1) is 0 Å². The van der Waals surface area contributed by atoms with Gasteiger partial charge in [-0.25, -0.2) is 4.68 Å². The highest BCUT2D eigenvalue weighted by Gasteiger charge is 2.13. The summed E-state index contributed by atoms with van der Waals surface area (Å²) in [4.78, 5) is 19.0. The van der Waals surface area contributed by atoms with Crippen molar-refractivity contribution in [2.45, 2.75) is 6.92 Å². The third-order valence-corrected chi connectivity index (χ3v) is 3.87. The number of aromatic amines is 1. The summed E-state index contributed by atoms with van der Waals surface area (Å²) in [6.07, 6.45) is 1.59. The zero-order valence-electron chi connectivity index (χ0n) is 13.7. The number of rotatable bonds is 2. The van der Waals surface area contributed by atoms with Gasteiger partial charge in [0.15, 0.2) is 0 Å². The fraction of sp³-hybridized carbons (Fsp3) is 0.222. The zero-order valence-corrected chi connectivity index (χ0v) is 14.5. The highest BCUT2D eigenvalue weighted by molar-refractivity contribution is 6.30. The molecule has 0 unspecified atom stereocenters. The Morgan fingerprint density at radius 1 is 1.29 bits per heavy atom. The van der Waals surface area contributed by atoms with Crippen LogP contribution in [0.25, 0.3) is 16.6 Å². The van der Waals surface area contributed by atoms with Crippen LogP contribution in [-0.2, 0) is 0 Å². The molecule has 0 aliphatic heterocycles. The van der Waals surface area contributed by atoms with Gasteiger partial charge in [-0.1, -0.05) is 23.4 Å². The molecule has 3 aromatic rings. The van der Waals surface area contributed by atoms with Crippen LogP contribution >= 0.6 is 11.6 Å². The fourth-order valence-electron chi connectivity index (χ4n) is 2.38. The first kappa shape index (κ1) is 16.3. The van der Waals surface area contributed by atoms with Crippen LogP contribution in [0.5, 0.6) is 0 Å². The zero-order chi connectivity index (χ0) is 17.3. The number of aryl methyl sites for hydroxylation is 1. The van der Waals surface area contributed by atoms with Gasteiger partial charge in [0.2, 0.25) is 0 Å². The van der Waals surface area contributed by atoms with Gasteiger partial charge in [-0.3, -0.25) is 19.8 Å². The molecule has 0 atom stereocenters. The van der Waals surface area contributed by atoms with Crippen LogP contribution in [0.15, 0.2) is 35.3 Å². The van der Waals surface area contributed by atoms with Crippen LogP contribution in [0.1, 0.15) is 11.3 Å². The summed E-state index contributed by atoms with van der Waals surface area (Å²) in [5, 5.41) is 4.29. The number of benzene rings is 1. The molecule has 0 aliphatic carbocycles. The predicted molar refractivity (Wildman–Crippen MR) is 96.9 cm³/mol. The van der Waals surface area contributed by atoms with E-state index in [1.165, 1.54) is 4.68 Å². The summed E-state index contributed by atoms with van der Waals surface area (Å²) in [6.45, 7) is 2.52. The lowest BCUT2D eigenvalue weighted by molar-refractivity contribution is 0.464. The highest BCUT2D eigenvalue weighted by Crippen LogP contribution is 2.18. The second kappa shape index (κ2) is 6.52. The SMILES string of the molecule is Cc1ncc2c(=O)n(-c3ccc(Cl)cc3)[nH]c2c1C#CCN(C)C. The van der Waals surface area contributed by atoms with E-state index in [9.17, 15) is 4.79 Å². The van der Waals surface area contributed by atoms with Crippen molar-refractivity contribution in [3.63, 3.8) is 0 Å². The van der Waals surface area contributed by atoms with E-state index in [0.717, 1.165) is 11.3 Å². The Morgan fingerprint density at radius 2 is 2.00 bits per heavy atom. The number of aromatic nitrogens is 3.